The number of esters is 3. The summed E-state index contributed by atoms with van der Waals surface area (Å²) in [4.78, 5) is 34.7. The van der Waals surface area contributed by atoms with Gasteiger partial charge < -0.3 is 19.3 Å². The molecule has 0 saturated heterocycles. The second-order valence-corrected chi connectivity index (χ2v) is 6.16. The van der Waals surface area contributed by atoms with Crippen LogP contribution in [0.25, 0.3) is 0 Å². The molecule has 0 bridgehead atoms. The number of aliphatic hydroxyl groups excluding tert-OH is 1. The van der Waals surface area contributed by atoms with Crippen molar-refractivity contribution in [1.29, 1.82) is 0 Å². The van der Waals surface area contributed by atoms with Gasteiger partial charge in [0.15, 0.2) is 0 Å². The van der Waals surface area contributed by atoms with Gasteiger partial charge in [0.1, 0.15) is 19.3 Å². The Morgan fingerprint density at radius 1 is 0.966 bits per heavy atom. The maximum Gasteiger partial charge on any atom is 0.333 e. The number of rotatable bonds is 11. The van der Waals surface area contributed by atoms with Gasteiger partial charge in [-0.25, -0.2) is 14.4 Å². The lowest BCUT2D eigenvalue weighted by molar-refractivity contribution is -0.147. The summed E-state index contributed by atoms with van der Waals surface area (Å²) in [7, 11) is 0. The Hall–Kier alpha value is -3.19. The normalized spacial score (nSPS) is 12.7. The molecule has 0 fully saturated rings. The molecule has 1 unspecified atom stereocenters. The number of allylic oxidation sites excluding steroid dienone is 2. The minimum atomic E-state index is -1.15. The number of hydrogen-bond acceptors (Lipinski definition) is 7. The van der Waals surface area contributed by atoms with Crippen molar-refractivity contribution in [1.82, 2.24) is 0 Å². The molecule has 29 heavy (non-hydrogen) atoms. The minimum absolute atomic E-state index is 0.233. The predicted octanol–water partition coefficient (Wildman–Crippen LogP) is 2.30. The Balaban J connectivity index is 2.40. The highest BCUT2D eigenvalue weighted by atomic mass is 16.6. The standard InChI is InChI=1S/C22H26O7/c1-4-20(24)28-14-19(23)15-29-22(26)17(3)11-10-16(2)21(25)27-13-12-18-8-6-5-7-9-18/h4-11,19,23H,1,12-15H2,2-3H3/b16-10+,17-11+. The second kappa shape index (κ2) is 13.1. The Labute approximate surface area is 170 Å². The Kier molecular flexibility index (Phi) is 10.7. The maximum atomic E-state index is 12.0. The Morgan fingerprint density at radius 2 is 1.52 bits per heavy atom. The molecule has 0 amide bonds. The van der Waals surface area contributed by atoms with Gasteiger partial charge in [-0.15, -0.1) is 0 Å². The first-order valence-corrected chi connectivity index (χ1v) is 9.04. The van der Waals surface area contributed by atoms with Crippen LogP contribution in [0.2, 0.25) is 0 Å². The zero-order chi connectivity index (χ0) is 21.6. The zero-order valence-electron chi connectivity index (χ0n) is 16.6. The van der Waals surface area contributed by atoms with Crippen molar-refractivity contribution in [2.24, 2.45) is 0 Å². The average Bonchev–Trinajstić information content (AvgIpc) is 2.74. The van der Waals surface area contributed by atoms with E-state index in [9.17, 15) is 19.5 Å². The van der Waals surface area contributed by atoms with Gasteiger partial charge in [0.2, 0.25) is 0 Å². The van der Waals surface area contributed by atoms with E-state index in [1.54, 1.807) is 6.92 Å². The monoisotopic (exact) mass is 402 g/mol. The lowest BCUT2D eigenvalue weighted by Gasteiger charge is -2.11. The van der Waals surface area contributed by atoms with Crippen LogP contribution in [-0.4, -0.2) is 48.9 Å². The van der Waals surface area contributed by atoms with Gasteiger partial charge in [0.25, 0.3) is 0 Å². The predicted molar refractivity (Wildman–Crippen MR) is 107 cm³/mol. The zero-order valence-corrected chi connectivity index (χ0v) is 16.6. The lowest BCUT2D eigenvalue weighted by atomic mass is 10.2. The van der Waals surface area contributed by atoms with Crippen molar-refractivity contribution in [3.05, 3.63) is 71.8 Å². The average molecular weight is 402 g/mol. The fraction of sp³-hybridized carbons (Fsp3) is 0.318. The van der Waals surface area contributed by atoms with E-state index in [1.165, 1.54) is 19.1 Å². The summed E-state index contributed by atoms with van der Waals surface area (Å²) in [5, 5.41) is 9.60. The van der Waals surface area contributed by atoms with Crippen LogP contribution in [0.15, 0.2) is 66.3 Å². The van der Waals surface area contributed by atoms with Crippen molar-refractivity contribution in [3.8, 4) is 0 Å². The lowest BCUT2D eigenvalue weighted by Crippen LogP contribution is -2.25. The summed E-state index contributed by atoms with van der Waals surface area (Å²) in [6, 6.07) is 9.66. The number of ether oxygens (including phenoxy) is 3. The van der Waals surface area contributed by atoms with E-state index in [2.05, 4.69) is 11.3 Å². The van der Waals surface area contributed by atoms with E-state index in [0.717, 1.165) is 11.6 Å². The molecule has 0 aliphatic heterocycles. The molecule has 1 aromatic carbocycles. The maximum absolute atomic E-state index is 12.0. The van der Waals surface area contributed by atoms with E-state index < -0.39 is 24.0 Å². The number of hydrogen-bond donors (Lipinski definition) is 1. The first-order valence-electron chi connectivity index (χ1n) is 9.04. The summed E-state index contributed by atoms with van der Waals surface area (Å²) in [5.41, 5.74) is 1.64. The molecule has 1 N–H and O–H groups in total. The van der Waals surface area contributed by atoms with E-state index in [4.69, 9.17) is 9.47 Å². The van der Waals surface area contributed by atoms with Crippen LogP contribution in [0.3, 0.4) is 0 Å². The molecule has 1 atom stereocenters. The molecule has 0 aliphatic carbocycles. The SMILES string of the molecule is C=CC(=O)OCC(O)COC(=O)/C(C)=C/C=C(\C)C(=O)OCCc1ccccc1. The number of carbonyl (C=O) groups is 3. The molecule has 0 radical (unpaired) electrons. The highest BCUT2D eigenvalue weighted by molar-refractivity contribution is 5.90. The van der Waals surface area contributed by atoms with E-state index in [1.807, 2.05) is 30.3 Å². The van der Waals surface area contributed by atoms with Crippen LogP contribution < -0.4 is 0 Å². The smallest absolute Gasteiger partial charge is 0.333 e. The Bertz CT molecular complexity index is 763. The molecule has 0 spiro atoms. The highest BCUT2D eigenvalue weighted by Gasteiger charge is 2.12. The molecule has 0 saturated carbocycles. The highest BCUT2D eigenvalue weighted by Crippen LogP contribution is 2.05. The molecule has 156 valence electrons. The third kappa shape index (κ3) is 10.1. The molecule has 1 aromatic rings. The molecular weight excluding hydrogens is 376 g/mol. The van der Waals surface area contributed by atoms with Gasteiger partial charge >= 0.3 is 17.9 Å². The van der Waals surface area contributed by atoms with Crippen LogP contribution in [0, 0.1) is 0 Å². The Morgan fingerprint density at radius 3 is 2.10 bits per heavy atom. The van der Waals surface area contributed by atoms with E-state index in [0.29, 0.717) is 12.0 Å². The fourth-order valence-electron chi connectivity index (χ4n) is 1.98. The third-order valence-corrected chi connectivity index (χ3v) is 3.69. The number of aliphatic hydroxyl groups is 1. The summed E-state index contributed by atoms with van der Waals surface area (Å²) in [6.45, 7) is 5.93. The van der Waals surface area contributed by atoms with Crippen molar-refractivity contribution in [2.75, 3.05) is 19.8 Å². The first-order chi connectivity index (χ1) is 13.8. The molecule has 7 heteroatoms. The van der Waals surface area contributed by atoms with Crippen LogP contribution in [0.4, 0.5) is 0 Å². The first kappa shape index (κ1) is 23.8. The topological polar surface area (TPSA) is 99.1 Å². The van der Waals surface area contributed by atoms with Gasteiger partial charge in [-0.1, -0.05) is 49.1 Å². The van der Waals surface area contributed by atoms with Crippen molar-refractivity contribution in [3.63, 3.8) is 0 Å². The fourth-order valence-corrected chi connectivity index (χ4v) is 1.98. The van der Waals surface area contributed by atoms with E-state index >= 15 is 0 Å². The molecule has 0 aliphatic rings. The summed E-state index contributed by atoms with van der Waals surface area (Å²) in [6.07, 6.45) is 3.33. The molecule has 7 nitrogen and oxygen atoms in total. The third-order valence-electron chi connectivity index (χ3n) is 3.69. The molecule has 1 rings (SSSR count). The molecule has 0 aromatic heterocycles. The summed E-state index contributed by atoms with van der Waals surface area (Å²) < 4.78 is 14.8. The van der Waals surface area contributed by atoms with Crippen molar-refractivity contribution >= 4 is 17.9 Å². The van der Waals surface area contributed by atoms with Crippen LogP contribution in [0.5, 0.6) is 0 Å². The molecular formula is C22H26O7. The van der Waals surface area contributed by atoms with Gasteiger partial charge in [-0.05, 0) is 19.4 Å². The number of carbonyl (C=O) groups excluding carboxylic acids is 3. The molecule has 0 heterocycles. The largest absolute Gasteiger partial charge is 0.462 e. The van der Waals surface area contributed by atoms with E-state index in [-0.39, 0.29) is 25.4 Å². The number of benzene rings is 1. The minimum Gasteiger partial charge on any atom is -0.462 e. The quantitative estimate of drug-likeness (QED) is 0.262. The van der Waals surface area contributed by atoms with Gasteiger partial charge in [-0.2, -0.15) is 0 Å². The summed E-state index contributed by atoms with van der Waals surface area (Å²) in [5.74, 6) is -1.82. The van der Waals surface area contributed by atoms with Gasteiger partial charge in [0.05, 0.1) is 6.61 Å². The second-order valence-electron chi connectivity index (χ2n) is 6.16. The van der Waals surface area contributed by atoms with Crippen LogP contribution in [-0.2, 0) is 35.0 Å². The van der Waals surface area contributed by atoms with Crippen LogP contribution in [0.1, 0.15) is 19.4 Å². The summed E-state index contributed by atoms with van der Waals surface area (Å²) >= 11 is 0. The van der Waals surface area contributed by atoms with Crippen molar-refractivity contribution < 1.29 is 33.7 Å². The van der Waals surface area contributed by atoms with Crippen LogP contribution >= 0.6 is 0 Å². The van der Waals surface area contributed by atoms with Gasteiger partial charge in [0, 0.05) is 23.6 Å². The van der Waals surface area contributed by atoms with Gasteiger partial charge in [-0.3, -0.25) is 0 Å². The van der Waals surface area contributed by atoms with Crippen molar-refractivity contribution in [2.45, 2.75) is 26.4 Å².